The lowest BCUT2D eigenvalue weighted by Gasteiger charge is -2.09. The van der Waals surface area contributed by atoms with Gasteiger partial charge in [0.15, 0.2) is 0 Å². The summed E-state index contributed by atoms with van der Waals surface area (Å²) in [7, 11) is 0. The fraction of sp³-hybridized carbons (Fsp3) is 0.278. The van der Waals surface area contributed by atoms with Gasteiger partial charge in [-0.25, -0.2) is 24.7 Å². The second kappa shape index (κ2) is 6.80. The fourth-order valence-corrected chi connectivity index (χ4v) is 2.49. The maximum Gasteiger partial charge on any atom is 0.341 e. The molecule has 0 aliphatic heterocycles. The first-order valence-electron chi connectivity index (χ1n) is 8.00. The predicted molar refractivity (Wildman–Crippen MR) is 95.0 cm³/mol. The fourth-order valence-electron chi connectivity index (χ4n) is 2.49. The SMILES string of the molecule is CCOC(=O)c1cnc(Nc2nc(C)c3cc(C)ccc3n2)nc1C. The third-order valence-electron chi connectivity index (χ3n) is 3.74. The first kappa shape index (κ1) is 16.8. The summed E-state index contributed by atoms with van der Waals surface area (Å²) in [5.74, 6) is 0.313. The summed E-state index contributed by atoms with van der Waals surface area (Å²) < 4.78 is 4.98. The van der Waals surface area contributed by atoms with Gasteiger partial charge in [-0.2, -0.15) is 0 Å². The molecule has 0 aliphatic carbocycles. The van der Waals surface area contributed by atoms with Crippen molar-refractivity contribution in [3.05, 3.63) is 46.9 Å². The van der Waals surface area contributed by atoms with E-state index in [1.54, 1.807) is 13.8 Å². The number of fused-ring (bicyclic) bond motifs is 1. The standard InChI is InChI=1S/C18H19N5O2/c1-5-25-16(24)14-9-19-17(20-12(14)4)23-18-21-11(3)13-8-10(2)6-7-15(13)22-18/h6-9H,5H2,1-4H3,(H,19,20,21,22,23). The quantitative estimate of drug-likeness (QED) is 0.731. The third kappa shape index (κ3) is 3.55. The molecule has 0 atom stereocenters. The Kier molecular flexibility index (Phi) is 4.56. The van der Waals surface area contributed by atoms with E-state index in [0.717, 1.165) is 22.2 Å². The molecule has 0 amide bonds. The molecule has 7 nitrogen and oxygen atoms in total. The van der Waals surface area contributed by atoms with Crippen molar-refractivity contribution in [1.82, 2.24) is 19.9 Å². The number of nitrogens with zero attached hydrogens (tertiary/aromatic N) is 4. The lowest BCUT2D eigenvalue weighted by atomic mass is 10.1. The molecule has 0 aliphatic rings. The van der Waals surface area contributed by atoms with Gasteiger partial charge in [0.25, 0.3) is 0 Å². The molecular weight excluding hydrogens is 318 g/mol. The highest BCUT2D eigenvalue weighted by Gasteiger charge is 2.13. The van der Waals surface area contributed by atoms with Crippen LogP contribution in [0.25, 0.3) is 10.9 Å². The molecular formula is C18H19N5O2. The average molecular weight is 337 g/mol. The zero-order valence-corrected chi connectivity index (χ0v) is 14.6. The summed E-state index contributed by atoms with van der Waals surface area (Å²) >= 11 is 0. The van der Waals surface area contributed by atoms with Crippen molar-refractivity contribution in [3.63, 3.8) is 0 Å². The van der Waals surface area contributed by atoms with Gasteiger partial charge in [-0.05, 0) is 39.8 Å². The number of ether oxygens (including phenoxy) is 1. The Labute approximate surface area is 145 Å². The molecule has 1 N–H and O–H groups in total. The number of nitrogens with one attached hydrogen (secondary N) is 1. The van der Waals surface area contributed by atoms with E-state index in [-0.39, 0.29) is 0 Å². The number of rotatable bonds is 4. The molecule has 3 rings (SSSR count). The van der Waals surface area contributed by atoms with Crippen LogP contribution in [-0.2, 0) is 4.74 Å². The molecule has 25 heavy (non-hydrogen) atoms. The van der Waals surface area contributed by atoms with Gasteiger partial charge in [0.05, 0.1) is 29.1 Å². The van der Waals surface area contributed by atoms with Crippen molar-refractivity contribution >= 4 is 28.8 Å². The molecule has 3 aromatic rings. The van der Waals surface area contributed by atoms with E-state index in [1.807, 2.05) is 26.0 Å². The third-order valence-corrected chi connectivity index (χ3v) is 3.74. The van der Waals surface area contributed by atoms with Crippen LogP contribution in [0.1, 0.15) is 34.2 Å². The molecule has 2 heterocycles. The maximum atomic E-state index is 11.8. The number of aryl methyl sites for hydroxylation is 3. The van der Waals surface area contributed by atoms with Crippen molar-refractivity contribution in [1.29, 1.82) is 0 Å². The summed E-state index contributed by atoms with van der Waals surface area (Å²) in [6.07, 6.45) is 1.44. The minimum Gasteiger partial charge on any atom is -0.462 e. The Bertz CT molecular complexity index is 956. The number of hydrogen-bond donors (Lipinski definition) is 1. The molecule has 0 fully saturated rings. The van der Waals surface area contributed by atoms with Gasteiger partial charge in [-0.1, -0.05) is 11.6 Å². The number of carbonyl (C=O) groups excluding carboxylic acids is 1. The number of aromatic nitrogens is 4. The first-order chi connectivity index (χ1) is 12.0. The number of benzene rings is 1. The lowest BCUT2D eigenvalue weighted by molar-refractivity contribution is 0.0524. The molecule has 1 aromatic carbocycles. The highest BCUT2D eigenvalue weighted by Crippen LogP contribution is 2.20. The zero-order valence-electron chi connectivity index (χ0n) is 14.6. The topological polar surface area (TPSA) is 89.9 Å². The van der Waals surface area contributed by atoms with Crippen molar-refractivity contribution in [3.8, 4) is 0 Å². The van der Waals surface area contributed by atoms with Gasteiger partial charge in [-0.15, -0.1) is 0 Å². The van der Waals surface area contributed by atoms with Crippen molar-refractivity contribution < 1.29 is 9.53 Å². The zero-order chi connectivity index (χ0) is 18.0. The van der Waals surface area contributed by atoms with Gasteiger partial charge in [0, 0.05) is 11.6 Å². The summed E-state index contributed by atoms with van der Waals surface area (Å²) in [4.78, 5) is 29.2. The van der Waals surface area contributed by atoms with Crippen LogP contribution < -0.4 is 5.32 Å². The normalized spacial score (nSPS) is 10.7. The second-order valence-electron chi connectivity index (χ2n) is 5.69. The van der Waals surface area contributed by atoms with Crippen molar-refractivity contribution in [2.24, 2.45) is 0 Å². The number of esters is 1. The second-order valence-corrected chi connectivity index (χ2v) is 5.69. The van der Waals surface area contributed by atoms with Crippen LogP contribution in [-0.4, -0.2) is 32.5 Å². The van der Waals surface area contributed by atoms with Crippen LogP contribution in [0.2, 0.25) is 0 Å². The minimum absolute atomic E-state index is 0.307. The van der Waals surface area contributed by atoms with E-state index in [2.05, 4.69) is 31.3 Å². The Morgan fingerprint density at radius 3 is 2.56 bits per heavy atom. The molecule has 0 spiro atoms. The monoisotopic (exact) mass is 337 g/mol. The Balaban J connectivity index is 1.90. The molecule has 0 unspecified atom stereocenters. The van der Waals surface area contributed by atoms with Gasteiger partial charge < -0.3 is 4.74 Å². The number of hydrogen-bond acceptors (Lipinski definition) is 7. The summed E-state index contributed by atoms with van der Waals surface area (Å²) in [5, 5.41) is 4.01. The minimum atomic E-state index is -0.431. The van der Waals surface area contributed by atoms with Crippen LogP contribution in [0.5, 0.6) is 0 Å². The van der Waals surface area contributed by atoms with Gasteiger partial charge in [-0.3, -0.25) is 5.32 Å². The molecule has 0 saturated carbocycles. The largest absolute Gasteiger partial charge is 0.462 e. The van der Waals surface area contributed by atoms with E-state index in [1.165, 1.54) is 6.20 Å². The average Bonchev–Trinajstić information content (AvgIpc) is 2.56. The van der Waals surface area contributed by atoms with E-state index in [4.69, 9.17) is 4.74 Å². The predicted octanol–water partition coefficient (Wildman–Crippen LogP) is 3.27. The van der Waals surface area contributed by atoms with E-state index >= 15 is 0 Å². The van der Waals surface area contributed by atoms with Gasteiger partial charge in [0.1, 0.15) is 0 Å². The van der Waals surface area contributed by atoms with Crippen LogP contribution in [0.4, 0.5) is 11.9 Å². The molecule has 2 aromatic heterocycles. The Morgan fingerprint density at radius 2 is 1.84 bits per heavy atom. The van der Waals surface area contributed by atoms with Crippen LogP contribution in [0.3, 0.4) is 0 Å². The van der Waals surface area contributed by atoms with Crippen molar-refractivity contribution in [2.45, 2.75) is 27.7 Å². The first-order valence-corrected chi connectivity index (χ1v) is 8.00. The number of carbonyl (C=O) groups is 1. The Hall–Kier alpha value is -3.09. The lowest BCUT2D eigenvalue weighted by Crippen LogP contribution is -2.10. The molecule has 128 valence electrons. The van der Waals surface area contributed by atoms with Crippen molar-refractivity contribution in [2.75, 3.05) is 11.9 Å². The molecule has 0 radical (unpaired) electrons. The highest BCUT2D eigenvalue weighted by molar-refractivity contribution is 5.90. The van der Waals surface area contributed by atoms with E-state index in [0.29, 0.717) is 29.8 Å². The maximum absolute atomic E-state index is 11.8. The Morgan fingerprint density at radius 1 is 1.08 bits per heavy atom. The van der Waals surface area contributed by atoms with Crippen LogP contribution >= 0.6 is 0 Å². The smallest absolute Gasteiger partial charge is 0.341 e. The molecule has 0 bridgehead atoms. The van der Waals surface area contributed by atoms with E-state index in [9.17, 15) is 4.79 Å². The van der Waals surface area contributed by atoms with Crippen LogP contribution in [0, 0.1) is 20.8 Å². The molecule has 0 saturated heterocycles. The van der Waals surface area contributed by atoms with Gasteiger partial charge in [0.2, 0.25) is 11.9 Å². The van der Waals surface area contributed by atoms with Gasteiger partial charge >= 0.3 is 5.97 Å². The summed E-state index contributed by atoms with van der Waals surface area (Å²) in [5.41, 5.74) is 3.76. The highest BCUT2D eigenvalue weighted by atomic mass is 16.5. The molecule has 7 heteroatoms. The van der Waals surface area contributed by atoms with Crippen LogP contribution in [0.15, 0.2) is 24.4 Å². The van der Waals surface area contributed by atoms with E-state index < -0.39 is 5.97 Å². The number of anilines is 2. The summed E-state index contributed by atoms with van der Waals surface area (Å²) in [6.45, 7) is 7.76. The summed E-state index contributed by atoms with van der Waals surface area (Å²) in [6, 6.07) is 6.02.